The van der Waals surface area contributed by atoms with Crippen molar-refractivity contribution in [3.05, 3.63) is 29.8 Å². The molecule has 1 saturated heterocycles. The average Bonchev–Trinajstić information content (AvgIpc) is 2.54. The fourth-order valence-corrected chi connectivity index (χ4v) is 2.62. The normalized spacial score (nSPS) is 14.9. The summed E-state index contributed by atoms with van der Waals surface area (Å²) in [5.74, 6) is -0.164. The fourth-order valence-electron chi connectivity index (χ4n) is 2.16. The van der Waals surface area contributed by atoms with Crippen LogP contribution in [0.3, 0.4) is 0 Å². The van der Waals surface area contributed by atoms with Gasteiger partial charge in [0, 0.05) is 30.6 Å². The number of thioether (sulfide) groups is 1. The largest absolute Gasteiger partial charge is 0.378 e. The van der Waals surface area contributed by atoms with E-state index in [1.807, 2.05) is 24.5 Å². The topological polar surface area (TPSA) is 49.9 Å². The molecule has 1 fully saturated rings. The van der Waals surface area contributed by atoms with Crippen molar-refractivity contribution >= 4 is 23.6 Å². The Kier molecular flexibility index (Phi) is 5.64. The second kappa shape index (κ2) is 7.47. The first kappa shape index (κ1) is 15.9. The highest BCUT2D eigenvalue weighted by Crippen LogP contribution is 2.16. The van der Waals surface area contributed by atoms with Gasteiger partial charge in [-0.05, 0) is 24.5 Å². The molecule has 0 saturated carbocycles. The van der Waals surface area contributed by atoms with Crippen molar-refractivity contribution in [3.63, 3.8) is 0 Å². The Morgan fingerprint density at radius 1 is 1.33 bits per heavy atom. The van der Waals surface area contributed by atoms with E-state index in [1.165, 1.54) is 4.90 Å². The summed E-state index contributed by atoms with van der Waals surface area (Å²) in [6.45, 7) is 2.44. The predicted molar refractivity (Wildman–Crippen MR) is 82.6 cm³/mol. The number of hydrogen-bond acceptors (Lipinski definition) is 4. The zero-order valence-corrected chi connectivity index (χ0v) is 13.2. The molecule has 1 heterocycles. The number of ether oxygens (including phenoxy) is 1. The highest BCUT2D eigenvalue weighted by Gasteiger charge is 2.21. The van der Waals surface area contributed by atoms with Crippen LogP contribution < -0.4 is 0 Å². The predicted octanol–water partition coefficient (Wildman–Crippen LogP) is 1.34. The molecule has 2 amide bonds. The molecule has 0 aromatic heterocycles. The number of nitrogens with zero attached hydrogens (tertiary/aromatic N) is 2. The Morgan fingerprint density at radius 3 is 2.71 bits per heavy atom. The molecule has 0 unspecified atom stereocenters. The van der Waals surface area contributed by atoms with Gasteiger partial charge in [0.1, 0.15) is 0 Å². The van der Waals surface area contributed by atoms with Crippen molar-refractivity contribution in [1.82, 2.24) is 9.80 Å². The van der Waals surface area contributed by atoms with Crippen molar-refractivity contribution in [2.45, 2.75) is 4.90 Å². The third-order valence-corrected chi connectivity index (χ3v) is 4.12. The lowest BCUT2D eigenvalue weighted by atomic mass is 10.2. The Morgan fingerprint density at radius 2 is 2.05 bits per heavy atom. The summed E-state index contributed by atoms with van der Waals surface area (Å²) in [5.41, 5.74) is 0.610. The zero-order chi connectivity index (χ0) is 15.2. The quantitative estimate of drug-likeness (QED) is 0.788. The van der Waals surface area contributed by atoms with Crippen LogP contribution in [0.4, 0.5) is 0 Å². The Bertz CT molecular complexity index is 515. The Hall–Kier alpha value is -1.53. The Labute approximate surface area is 129 Å². The summed E-state index contributed by atoms with van der Waals surface area (Å²) < 4.78 is 5.22. The van der Waals surface area contributed by atoms with E-state index in [-0.39, 0.29) is 18.4 Å². The maximum Gasteiger partial charge on any atom is 0.254 e. The van der Waals surface area contributed by atoms with Crippen molar-refractivity contribution in [2.75, 3.05) is 46.2 Å². The molecule has 21 heavy (non-hydrogen) atoms. The minimum atomic E-state index is -0.132. The van der Waals surface area contributed by atoms with E-state index >= 15 is 0 Å². The van der Waals surface area contributed by atoms with E-state index in [0.717, 1.165) is 4.90 Å². The van der Waals surface area contributed by atoms with Crippen LogP contribution in [0.15, 0.2) is 29.2 Å². The van der Waals surface area contributed by atoms with Crippen LogP contribution in [0.2, 0.25) is 0 Å². The van der Waals surface area contributed by atoms with Gasteiger partial charge in [0.05, 0.1) is 19.8 Å². The molecule has 0 bridgehead atoms. The van der Waals surface area contributed by atoms with Gasteiger partial charge in [0.2, 0.25) is 5.91 Å². The molecule has 2 rings (SSSR count). The van der Waals surface area contributed by atoms with Gasteiger partial charge in [-0.15, -0.1) is 11.8 Å². The molecule has 1 aliphatic heterocycles. The number of benzene rings is 1. The molecule has 0 spiro atoms. The second-order valence-electron chi connectivity index (χ2n) is 4.89. The van der Waals surface area contributed by atoms with Gasteiger partial charge < -0.3 is 14.5 Å². The summed E-state index contributed by atoms with van der Waals surface area (Å²) >= 11 is 1.59. The van der Waals surface area contributed by atoms with E-state index in [9.17, 15) is 9.59 Å². The van der Waals surface area contributed by atoms with Gasteiger partial charge in [-0.1, -0.05) is 6.07 Å². The number of amides is 2. The molecule has 1 aliphatic rings. The van der Waals surface area contributed by atoms with E-state index in [2.05, 4.69) is 0 Å². The molecule has 0 N–H and O–H groups in total. The first-order chi connectivity index (χ1) is 10.1. The monoisotopic (exact) mass is 308 g/mol. The summed E-state index contributed by atoms with van der Waals surface area (Å²) in [6.07, 6.45) is 1.97. The molecule has 1 aromatic rings. The molecule has 0 atom stereocenters. The standard InChI is InChI=1S/C15H20N2O3S/c1-16(11-14(18)17-6-8-20-9-7-17)15(19)12-4-3-5-13(10-12)21-2/h3-5,10H,6-9,11H2,1-2H3. The molecule has 6 heteroatoms. The molecular weight excluding hydrogens is 288 g/mol. The summed E-state index contributed by atoms with van der Waals surface area (Å²) in [4.78, 5) is 28.7. The Balaban J connectivity index is 1.96. The highest BCUT2D eigenvalue weighted by molar-refractivity contribution is 7.98. The summed E-state index contributed by atoms with van der Waals surface area (Å²) in [5, 5.41) is 0. The summed E-state index contributed by atoms with van der Waals surface area (Å²) in [6, 6.07) is 7.44. The van der Waals surface area contributed by atoms with Crippen LogP contribution in [0.25, 0.3) is 0 Å². The SMILES string of the molecule is CSc1cccc(C(=O)N(C)CC(=O)N2CCOCC2)c1. The molecular formula is C15H20N2O3S. The van der Waals surface area contributed by atoms with Gasteiger partial charge >= 0.3 is 0 Å². The second-order valence-corrected chi connectivity index (χ2v) is 5.77. The maximum absolute atomic E-state index is 12.4. The summed E-state index contributed by atoms with van der Waals surface area (Å²) in [7, 11) is 1.66. The fraction of sp³-hybridized carbons (Fsp3) is 0.467. The molecule has 0 radical (unpaired) electrons. The minimum Gasteiger partial charge on any atom is -0.378 e. The van der Waals surface area contributed by atoms with Crippen molar-refractivity contribution in [3.8, 4) is 0 Å². The molecule has 5 nitrogen and oxygen atoms in total. The number of likely N-dealkylation sites (N-methyl/N-ethyl adjacent to an activating group) is 1. The smallest absolute Gasteiger partial charge is 0.254 e. The number of carbonyl (C=O) groups is 2. The lowest BCUT2D eigenvalue weighted by molar-refractivity contribution is -0.135. The molecule has 114 valence electrons. The van der Waals surface area contributed by atoms with Gasteiger partial charge in [-0.25, -0.2) is 0 Å². The number of carbonyl (C=O) groups excluding carboxylic acids is 2. The third-order valence-electron chi connectivity index (χ3n) is 3.40. The lowest BCUT2D eigenvalue weighted by Gasteiger charge is -2.28. The van der Waals surface area contributed by atoms with Crippen molar-refractivity contribution in [2.24, 2.45) is 0 Å². The lowest BCUT2D eigenvalue weighted by Crippen LogP contribution is -2.46. The first-order valence-corrected chi connectivity index (χ1v) is 8.09. The molecule has 0 aliphatic carbocycles. The van der Waals surface area contributed by atoms with Crippen LogP contribution in [0.1, 0.15) is 10.4 Å². The maximum atomic E-state index is 12.4. The van der Waals surface area contributed by atoms with E-state index < -0.39 is 0 Å². The number of rotatable bonds is 4. The van der Waals surface area contributed by atoms with E-state index in [1.54, 1.807) is 29.8 Å². The van der Waals surface area contributed by atoms with Crippen LogP contribution in [0, 0.1) is 0 Å². The van der Waals surface area contributed by atoms with Gasteiger partial charge in [0.25, 0.3) is 5.91 Å². The third kappa shape index (κ3) is 4.22. The van der Waals surface area contributed by atoms with Crippen molar-refractivity contribution in [1.29, 1.82) is 0 Å². The van der Waals surface area contributed by atoms with Crippen LogP contribution in [0.5, 0.6) is 0 Å². The van der Waals surface area contributed by atoms with Crippen LogP contribution in [-0.2, 0) is 9.53 Å². The number of morpholine rings is 1. The van der Waals surface area contributed by atoms with E-state index in [0.29, 0.717) is 31.9 Å². The number of hydrogen-bond donors (Lipinski definition) is 0. The van der Waals surface area contributed by atoms with Crippen molar-refractivity contribution < 1.29 is 14.3 Å². The van der Waals surface area contributed by atoms with Gasteiger partial charge in [-0.3, -0.25) is 9.59 Å². The van der Waals surface area contributed by atoms with Gasteiger partial charge in [-0.2, -0.15) is 0 Å². The van der Waals surface area contributed by atoms with Gasteiger partial charge in [0.15, 0.2) is 0 Å². The minimum absolute atomic E-state index is 0.0322. The van der Waals surface area contributed by atoms with Crippen LogP contribution >= 0.6 is 11.8 Å². The highest BCUT2D eigenvalue weighted by atomic mass is 32.2. The first-order valence-electron chi connectivity index (χ1n) is 6.87. The van der Waals surface area contributed by atoms with Crippen LogP contribution in [-0.4, -0.2) is 67.8 Å². The molecule has 1 aromatic carbocycles. The average molecular weight is 308 g/mol. The zero-order valence-electron chi connectivity index (χ0n) is 12.4. The van der Waals surface area contributed by atoms with E-state index in [4.69, 9.17) is 4.74 Å².